The summed E-state index contributed by atoms with van der Waals surface area (Å²) >= 11 is 6.10. The molecule has 1 aromatic rings. The monoisotopic (exact) mass is 280 g/mol. The van der Waals surface area contributed by atoms with Crippen molar-refractivity contribution in [3.63, 3.8) is 0 Å². The summed E-state index contributed by atoms with van der Waals surface area (Å²) in [4.78, 5) is 14.3. The number of halogens is 1. The molecular weight excluding hydrogens is 260 g/mol. The van der Waals surface area contributed by atoms with Crippen molar-refractivity contribution in [3.05, 3.63) is 28.8 Å². The van der Waals surface area contributed by atoms with Crippen molar-refractivity contribution in [1.29, 1.82) is 0 Å². The van der Waals surface area contributed by atoms with Crippen LogP contribution in [0.5, 0.6) is 0 Å². The molecule has 4 heteroatoms. The predicted octanol–water partition coefficient (Wildman–Crippen LogP) is 3.43. The number of rotatable bonds is 2. The van der Waals surface area contributed by atoms with Crippen molar-refractivity contribution in [1.82, 2.24) is 4.90 Å². The molecule has 3 nitrogen and oxygen atoms in total. The molecule has 0 aromatic heterocycles. The lowest BCUT2D eigenvalue weighted by molar-refractivity contribution is 0.0668. The van der Waals surface area contributed by atoms with Crippen LogP contribution in [-0.2, 0) is 0 Å². The molecule has 0 saturated carbocycles. The Morgan fingerprint density at radius 3 is 2.53 bits per heavy atom. The Hall–Kier alpha value is -1.22. The molecule has 104 valence electrons. The van der Waals surface area contributed by atoms with Gasteiger partial charge in [0.05, 0.1) is 10.6 Å². The third-order valence-corrected chi connectivity index (χ3v) is 4.31. The Labute approximate surface area is 119 Å². The fourth-order valence-corrected chi connectivity index (χ4v) is 2.91. The molecule has 0 atom stereocenters. The SMILES string of the molecule is CC(C)C1CCN(C(=O)c2ccc(N)cc2Cl)CC1. The van der Waals surface area contributed by atoms with E-state index in [1.54, 1.807) is 18.2 Å². The first-order valence-corrected chi connectivity index (χ1v) is 7.21. The van der Waals surface area contributed by atoms with Crippen molar-refractivity contribution < 1.29 is 4.79 Å². The standard InChI is InChI=1S/C15H21ClN2O/c1-10(2)11-5-7-18(8-6-11)15(19)13-4-3-12(17)9-14(13)16/h3-4,9-11H,5-8,17H2,1-2H3. The number of nitrogen functional groups attached to an aromatic ring is 1. The number of hydrogen-bond acceptors (Lipinski definition) is 2. The molecule has 0 unspecified atom stereocenters. The van der Waals surface area contributed by atoms with Crippen molar-refractivity contribution in [2.75, 3.05) is 18.8 Å². The number of likely N-dealkylation sites (tertiary alicyclic amines) is 1. The van der Waals surface area contributed by atoms with Gasteiger partial charge in [-0.1, -0.05) is 25.4 Å². The van der Waals surface area contributed by atoms with Crippen LogP contribution in [0.2, 0.25) is 5.02 Å². The van der Waals surface area contributed by atoms with E-state index >= 15 is 0 Å². The Morgan fingerprint density at radius 1 is 1.37 bits per heavy atom. The van der Waals surface area contributed by atoms with Gasteiger partial charge in [0.25, 0.3) is 5.91 Å². The van der Waals surface area contributed by atoms with Crippen LogP contribution in [-0.4, -0.2) is 23.9 Å². The van der Waals surface area contributed by atoms with Gasteiger partial charge in [-0.15, -0.1) is 0 Å². The molecule has 1 saturated heterocycles. The molecule has 1 aromatic carbocycles. The van der Waals surface area contributed by atoms with Gasteiger partial charge in [-0.05, 0) is 42.9 Å². The largest absolute Gasteiger partial charge is 0.399 e. The normalized spacial score (nSPS) is 16.9. The zero-order valence-electron chi connectivity index (χ0n) is 11.5. The van der Waals surface area contributed by atoms with Crippen molar-refractivity contribution in [2.24, 2.45) is 11.8 Å². The van der Waals surface area contributed by atoms with Crippen LogP contribution in [0.25, 0.3) is 0 Å². The van der Waals surface area contributed by atoms with E-state index in [1.807, 2.05) is 4.90 Å². The van der Waals surface area contributed by atoms with Crippen LogP contribution in [0, 0.1) is 11.8 Å². The van der Waals surface area contributed by atoms with Crippen LogP contribution in [0.15, 0.2) is 18.2 Å². The molecule has 1 aliphatic rings. The van der Waals surface area contributed by atoms with Crippen molar-refractivity contribution in [3.8, 4) is 0 Å². The number of hydrogen-bond donors (Lipinski definition) is 1. The van der Waals surface area contributed by atoms with Gasteiger partial charge in [0.1, 0.15) is 0 Å². The molecule has 1 heterocycles. The molecule has 2 N–H and O–H groups in total. The minimum atomic E-state index is 0.0206. The van der Waals surface area contributed by atoms with Crippen molar-refractivity contribution in [2.45, 2.75) is 26.7 Å². The van der Waals surface area contributed by atoms with Crippen LogP contribution >= 0.6 is 11.6 Å². The van der Waals surface area contributed by atoms with Gasteiger partial charge in [-0.3, -0.25) is 4.79 Å². The molecule has 0 bridgehead atoms. The summed E-state index contributed by atoms with van der Waals surface area (Å²) in [5.74, 6) is 1.44. The van der Waals surface area contributed by atoms with Gasteiger partial charge >= 0.3 is 0 Å². The highest BCUT2D eigenvalue weighted by Crippen LogP contribution is 2.27. The topological polar surface area (TPSA) is 46.3 Å². The Kier molecular flexibility index (Phi) is 4.35. The number of anilines is 1. The van der Waals surface area contributed by atoms with Gasteiger partial charge in [0.15, 0.2) is 0 Å². The van der Waals surface area contributed by atoms with Gasteiger partial charge in [-0.25, -0.2) is 0 Å². The van der Waals surface area contributed by atoms with Gasteiger partial charge in [-0.2, -0.15) is 0 Å². The highest BCUT2D eigenvalue weighted by molar-refractivity contribution is 6.34. The molecule has 1 aliphatic heterocycles. The number of nitrogens with zero attached hydrogens (tertiary/aromatic N) is 1. The molecule has 0 aliphatic carbocycles. The third-order valence-electron chi connectivity index (χ3n) is 3.99. The van der Waals surface area contributed by atoms with Crippen LogP contribution in [0.4, 0.5) is 5.69 Å². The Balaban J connectivity index is 2.05. The van der Waals surface area contributed by atoms with E-state index in [-0.39, 0.29) is 5.91 Å². The zero-order valence-corrected chi connectivity index (χ0v) is 12.3. The Morgan fingerprint density at radius 2 is 2.00 bits per heavy atom. The van der Waals surface area contributed by atoms with Gasteiger partial charge < -0.3 is 10.6 Å². The number of benzene rings is 1. The minimum absolute atomic E-state index is 0.0206. The second-order valence-electron chi connectivity index (χ2n) is 5.61. The highest BCUT2D eigenvalue weighted by Gasteiger charge is 2.26. The quantitative estimate of drug-likeness (QED) is 0.844. The van der Waals surface area contributed by atoms with Crippen LogP contribution in [0.1, 0.15) is 37.0 Å². The lowest BCUT2D eigenvalue weighted by atomic mass is 9.86. The summed E-state index contributed by atoms with van der Waals surface area (Å²) in [6, 6.07) is 5.07. The van der Waals surface area contributed by atoms with E-state index in [4.69, 9.17) is 17.3 Å². The average molecular weight is 281 g/mol. The number of nitrogens with two attached hydrogens (primary N) is 1. The maximum absolute atomic E-state index is 12.4. The predicted molar refractivity (Wildman–Crippen MR) is 79.3 cm³/mol. The highest BCUT2D eigenvalue weighted by atomic mass is 35.5. The first-order chi connectivity index (χ1) is 8.99. The van der Waals surface area contributed by atoms with Crippen LogP contribution in [0.3, 0.4) is 0 Å². The lowest BCUT2D eigenvalue weighted by Gasteiger charge is -2.34. The molecule has 0 radical (unpaired) electrons. The molecular formula is C15H21ClN2O. The zero-order chi connectivity index (χ0) is 14.0. The molecule has 2 rings (SSSR count). The second-order valence-corrected chi connectivity index (χ2v) is 6.02. The summed E-state index contributed by atoms with van der Waals surface area (Å²) in [5, 5.41) is 0.441. The molecule has 0 spiro atoms. The van der Waals surface area contributed by atoms with E-state index < -0.39 is 0 Å². The van der Waals surface area contributed by atoms with Gasteiger partial charge in [0.2, 0.25) is 0 Å². The van der Waals surface area contributed by atoms with E-state index in [9.17, 15) is 4.79 Å². The lowest BCUT2D eigenvalue weighted by Crippen LogP contribution is -2.39. The van der Waals surface area contributed by atoms with E-state index in [2.05, 4.69) is 13.8 Å². The fourth-order valence-electron chi connectivity index (χ4n) is 2.64. The first kappa shape index (κ1) is 14.2. The smallest absolute Gasteiger partial charge is 0.255 e. The number of piperidine rings is 1. The molecule has 1 amide bonds. The molecule has 1 fully saturated rings. The maximum Gasteiger partial charge on any atom is 0.255 e. The summed E-state index contributed by atoms with van der Waals surface area (Å²) in [5.41, 5.74) is 6.79. The summed E-state index contributed by atoms with van der Waals surface area (Å²) in [7, 11) is 0. The summed E-state index contributed by atoms with van der Waals surface area (Å²) in [6.45, 7) is 6.14. The number of carbonyl (C=O) groups is 1. The second kappa shape index (κ2) is 5.83. The number of carbonyl (C=O) groups excluding carboxylic acids is 1. The minimum Gasteiger partial charge on any atom is -0.399 e. The molecule has 19 heavy (non-hydrogen) atoms. The van der Waals surface area contributed by atoms with E-state index in [0.29, 0.717) is 22.2 Å². The van der Waals surface area contributed by atoms with E-state index in [1.165, 1.54) is 0 Å². The van der Waals surface area contributed by atoms with Crippen molar-refractivity contribution >= 4 is 23.2 Å². The average Bonchev–Trinajstić information content (AvgIpc) is 2.38. The van der Waals surface area contributed by atoms with Crippen LogP contribution < -0.4 is 5.73 Å². The summed E-state index contributed by atoms with van der Waals surface area (Å²) < 4.78 is 0. The van der Waals surface area contributed by atoms with Gasteiger partial charge in [0, 0.05) is 18.8 Å². The van der Waals surface area contributed by atoms with E-state index in [0.717, 1.165) is 31.8 Å². The number of amides is 1. The fraction of sp³-hybridized carbons (Fsp3) is 0.533. The maximum atomic E-state index is 12.4. The summed E-state index contributed by atoms with van der Waals surface area (Å²) in [6.07, 6.45) is 2.16. The Bertz CT molecular complexity index is 465. The first-order valence-electron chi connectivity index (χ1n) is 6.83. The third kappa shape index (κ3) is 3.21.